The van der Waals surface area contributed by atoms with E-state index in [4.69, 9.17) is 0 Å². The lowest BCUT2D eigenvalue weighted by Gasteiger charge is -2.22. The number of rotatable bonds is 4. The summed E-state index contributed by atoms with van der Waals surface area (Å²) in [6, 6.07) is 3.53. The highest BCUT2D eigenvalue weighted by Gasteiger charge is 2.24. The molecule has 1 aliphatic rings. The minimum Gasteiger partial charge on any atom is -0.349 e. The third kappa shape index (κ3) is 3.48. The molecule has 146 valence electrons. The number of fused-ring (bicyclic) bond motifs is 1. The molecule has 0 radical (unpaired) electrons. The number of hydrogen-bond acceptors (Lipinski definition) is 2. The molecule has 2 aromatic heterocycles. The molecule has 1 saturated carbocycles. The smallest absolute Gasteiger partial charge is 0.253 e. The zero-order valence-electron chi connectivity index (χ0n) is 15.2. The van der Waals surface area contributed by atoms with E-state index in [9.17, 15) is 18.0 Å². The van der Waals surface area contributed by atoms with Crippen LogP contribution in [0.5, 0.6) is 0 Å². The fourth-order valence-electron chi connectivity index (χ4n) is 3.89. The molecule has 0 spiro atoms. The van der Waals surface area contributed by atoms with Crippen molar-refractivity contribution in [2.45, 2.75) is 44.7 Å². The summed E-state index contributed by atoms with van der Waals surface area (Å²) in [4.78, 5) is 16.5. The van der Waals surface area contributed by atoms with Gasteiger partial charge in [0.05, 0.1) is 29.2 Å². The van der Waals surface area contributed by atoms with Gasteiger partial charge in [-0.05, 0) is 31.0 Å². The molecule has 1 aromatic carbocycles. The maximum atomic E-state index is 14.6. The minimum atomic E-state index is -0.681. The lowest BCUT2D eigenvalue weighted by Crippen LogP contribution is -2.36. The molecule has 28 heavy (non-hydrogen) atoms. The van der Waals surface area contributed by atoms with E-state index >= 15 is 0 Å². The zero-order valence-corrected chi connectivity index (χ0v) is 15.2. The molecule has 0 saturated heterocycles. The molecule has 4 rings (SSSR count). The Balaban J connectivity index is 1.75. The van der Waals surface area contributed by atoms with Crippen molar-refractivity contribution < 1.29 is 18.0 Å². The number of nitrogens with zero attached hydrogens (tertiary/aromatic N) is 2. The van der Waals surface area contributed by atoms with Crippen LogP contribution in [0.1, 0.15) is 48.0 Å². The van der Waals surface area contributed by atoms with Crippen LogP contribution in [0.4, 0.5) is 13.2 Å². The minimum absolute atomic E-state index is 0.0360. The van der Waals surface area contributed by atoms with Crippen LogP contribution in [0.25, 0.3) is 10.9 Å². The Kier molecular flexibility index (Phi) is 5.07. The molecule has 1 amide bonds. The number of nitrogens with one attached hydrogen (secondary N) is 1. The maximum Gasteiger partial charge on any atom is 0.253 e. The SMILES string of the molecule is O=C(NC1CCCCC1)c1cn(Cc2ccncc2F)c2c(F)ccc(F)c12. The summed E-state index contributed by atoms with van der Waals surface area (Å²) >= 11 is 0. The average Bonchev–Trinajstić information content (AvgIpc) is 3.08. The Morgan fingerprint density at radius 1 is 1.07 bits per heavy atom. The molecule has 2 heterocycles. The number of halogens is 3. The first-order chi connectivity index (χ1) is 13.5. The molecule has 1 N–H and O–H groups in total. The first kappa shape index (κ1) is 18.5. The third-order valence-electron chi connectivity index (χ3n) is 5.30. The summed E-state index contributed by atoms with van der Waals surface area (Å²) in [7, 11) is 0. The summed E-state index contributed by atoms with van der Waals surface area (Å²) in [5.41, 5.74) is 0.284. The van der Waals surface area contributed by atoms with Crippen molar-refractivity contribution >= 4 is 16.8 Å². The lowest BCUT2D eigenvalue weighted by molar-refractivity contribution is 0.0929. The Bertz CT molecular complexity index is 1030. The van der Waals surface area contributed by atoms with Gasteiger partial charge in [0.25, 0.3) is 5.91 Å². The first-order valence-corrected chi connectivity index (χ1v) is 9.40. The van der Waals surface area contributed by atoms with Crippen LogP contribution in [-0.2, 0) is 6.54 Å². The van der Waals surface area contributed by atoms with Crippen LogP contribution >= 0.6 is 0 Å². The topological polar surface area (TPSA) is 46.9 Å². The average molecular weight is 387 g/mol. The van der Waals surface area contributed by atoms with Crippen molar-refractivity contribution in [2.24, 2.45) is 0 Å². The number of benzene rings is 1. The van der Waals surface area contributed by atoms with Crippen molar-refractivity contribution in [2.75, 3.05) is 0 Å². The molecule has 0 unspecified atom stereocenters. The van der Waals surface area contributed by atoms with E-state index in [1.807, 2.05) is 0 Å². The third-order valence-corrected chi connectivity index (χ3v) is 5.30. The zero-order chi connectivity index (χ0) is 19.7. The van der Waals surface area contributed by atoms with Crippen molar-refractivity contribution in [1.82, 2.24) is 14.9 Å². The molecular weight excluding hydrogens is 367 g/mol. The van der Waals surface area contributed by atoms with Gasteiger partial charge >= 0.3 is 0 Å². The first-order valence-electron chi connectivity index (χ1n) is 9.40. The van der Waals surface area contributed by atoms with Gasteiger partial charge in [-0.25, -0.2) is 13.2 Å². The highest BCUT2D eigenvalue weighted by Crippen LogP contribution is 2.29. The summed E-state index contributed by atoms with van der Waals surface area (Å²) in [6.45, 7) is -0.0397. The largest absolute Gasteiger partial charge is 0.349 e. The van der Waals surface area contributed by atoms with Gasteiger partial charge in [-0.3, -0.25) is 9.78 Å². The van der Waals surface area contributed by atoms with Crippen LogP contribution in [0.3, 0.4) is 0 Å². The number of amides is 1. The van der Waals surface area contributed by atoms with E-state index in [2.05, 4.69) is 10.3 Å². The molecule has 4 nitrogen and oxygen atoms in total. The fourth-order valence-corrected chi connectivity index (χ4v) is 3.89. The second kappa shape index (κ2) is 7.66. The van der Waals surface area contributed by atoms with Crippen molar-refractivity contribution in [3.8, 4) is 0 Å². The van der Waals surface area contributed by atoms with Gasteiger partial charge in [0.2, 0.25) is 0 Å². The Morgan fingerprint density at radius 2 is 1.82 bits per heavy atom. The number of carbonyl (C=O) groups excluding carboxylic acids is 1. The number of aromatic nitrogens is 2. The van der Waals surface area contributed by atoms with Gasteiger partial charge in [-0.15, -0.1) is 0 Å². The number of carbonyl (C=O) groups is 1. The summed E-state index contributed by atoms with van der Waals surface area (Å²) in [5.74, 6) is -2.33. The van der Waals surface area contributed by atoms with Gasteiger partial charge in [0, 0.05) is 24.0 Å². The molecule has 0 aliphatic heterocycles. The summed E-state index contributed by atoms with van der Waals surface area (Å²) < 4.78 is 44.5. The predicted molar refractivity (Wildman–Crippen MR) is 99.5 cm³/mol. The van der Waals surface area contributed by atoms with Crippen LogP contribution < -0.4 is 5.32 Å². The monoisotopic (exact) mass is 387 g/mol. The van der Waals surface area contributed by atoms with Crippen LogP contribution in [-0.4, -0.2) is 21.5 Å². The van der Waals surface area contributed by atoms with Gasteiger partial charge in [-0.1, -0.05) is 19.3 Å². The van der Waals surface area contributed by atoms with Gasteiger partial charge in [0.1, 0.15) is 17.5 Å². The normalized spacial score (nSPS) is 15.1. The second-order valence-corrected chi connectivity index (χ2v) is 7.20. The van der Waals surface area contributed by atoms with Crippen molar-refractivity contribution in [3.05, 3.63) is 65.4 Å². The van der Waals surface area contributed by atoms with E-state index in [1.165, 1.54) is 23.0 Å². The summed E-state index contributed by atoms with van der Waals surface area (Å²) in [6.07, 6.45) is 8.87. The second-order valence-electron chi connectivity index (χ2n) is 7.20. The number of pyridine rings is 1. The Morgan fingerprint density at radius 3 is 2.57 bits per heavy atom. The van der Waals surface area contributed by atoms with Crippen LogP contribution in [0.2, 0.25) is 0 Å². The highest BCUT2D eigenvalue weighted by molar-refractivity contribution is 6.07. The Labute approximate surface area is 160 Å². The molecule has 3 aromatic rings. The quantitative estimate of drug-likeness (QED) is 0.713. The molecule has 1 fully saturated rings. The van der Waals surface area contributed by atoms with Crippen LogP contribution in [0, 0.1) is 17.5 Å². The highest BCUT2D eigenvalue weighted by atomic mass is 19.1. The van der Waals surface area contributed by atoms with E-state index < -0.39 is 23.4 Å². The standard InChI is InChI=1S/C21H20F3N3O/c22-16-6-7-17(23)20-19(16)15(21(28)26-14-4-2-1-3-5-14)12-27(20)11-13-8-9-25-10-18(13)24/h6-10,12,14H,1-5,11H2,(H,26,28). The van der Waals surface area contributed by atoms with Crippen LogP contribution in [0.15, 0.2) is 36.8 Å². The van der Waals surface area contributed by atoms with E-state index in [-0.39, 0.29) is 34.6 Å². The van der Waals surface area contributed by atoms with Gasteiger partial charge in [-0.2, -0.15) is 0 Å². The van der Waals surface area contributed by atoms with E-state index in [1.54, 1.807) is 0 Å². The lowest BCUT2D eigenvalue weighted by atomic mass is 9.95. The summed E-state index contributed by atoms with van der Waals surface area (Å²) in [5, 5.41) is 2.86. The van der Waals surface area contributed by atoms with Gasteiger partial charge in [0.15, 0.2) is 0 Å². The Hall–Kier alpha value is -2.83. The molecule has 7 heteroatoms. The fraction of sp³-hybridized carbons (Fsp3) is 0.333. The molecular formula is C21H20F3N3O. The van der Waals surface area contributed by atoms with E-state index in [0.29, 0.717) is 0 Å². The molecule has 0 atom stereocenters. The number of hydrogen-bond donors (Lipinski definition) is 1. The van der Waals surface area contributed by atoms with E-state index in [0.717, 1.165) is 50.4 Å². The predicted octanol–water partition coefficient (Wildman–Crippen LogP) is 4.56. The van der Waals surface area contributed by atoms with Crippen molar-refractivity contribution in [1.29, 1.82) is 0 Å². The molecule has 0 bridgehead atoms. The van der Waals surface area contributed by atoms with Crippen molar-refractivity contribution in [3.63, 3.8) is 0 Å². The van der Waals surface area contributed by atoms with Gasteiger partial charge < -0.3 is 9.88 Å². The maximum absolute atomic E-state index is 14.6. The molecule has 1 aliphatic carbocycles.